The molecule has 1 heterocycles. The normalized spacial score (nSPS) is 14.8. The highest BCUT2D eigenvalue weighted by atomic mass is 16.4. The molecule has 13 nitrogen and oxygen atoms in total. The number of carboxylic acids is 2. The summed E-state index contributed by atoms with van der Waals surface area (Å²) < 4.78 is 0. The van der Waals surface area contributed by atoms with Gasteiger partial charge in [-0.25, -0.2) is 4.79 Å². The van der Waals surface area contributed by atoms with Gasteiger partial charge in [0.2, 0.25) is 17.7 Å². The molecule has 0 fully saturated rings. The number of aromatic nitrogens is 1. The van der Waals surface area contributed by atoms with Crippen molar-refractivity contribution in [3.63, 3.8) is 0 Å². The van der Waals surface area contributed by atoms with Gasteiger partial charge in [-0.2, -0.15) is 0 Å². The number of para-hydroxylation sites is 1. The van der Waals surface area contributed by atoms with Crippen LogP contribution in [0, 0.1) is 5.92 Å². The second-order valence-electron chi connectivity index (χ2n) is 10.2. The Morgan fingerprint density at radius 2 is 1.51 bits per heavy atom. The summed E-state index contributed by atoms with van der Waals surface area (Å²) >= 11 is 0. The molecule has 0 saturated heterocycles. The minimum absolute atomic E-state index is 0.0457. The van der Waals surface area contributed by atoms with Gasteiger partial charge in [0.05, 0.1) is 6.04 Å². The lowest BCUT2D eigenvalue weighted by Gasteiger charge is -2.26. The van der Waals surface area contributed by atoms with Crippen LogP contribution in [0.25, 0.3) is 10.9 Å². The number of rotatable bonds is 18. The van der Waals surface area contributed by atoms with Gasteiger partial charge in [-0.1, -0.05) is 38.5 Å². The zero-order chi connectivity index (χ0) is 30.5. The quantitative estimate of drug-likeness (QED) is 0.116. The van der Waals surface area contributed by atoms with Crippen LogP contribution in [0.1, 0.15) is 57.9 Å². The third-order valence-electron chi connectivity index (χ3n) is 7.13. The van der Waals surface area contributed by atoms with Gasteiger partial charge in [0.25, 0.3) is 0 Å². The highest BCUT2D eigenvalue weighted by Gasteiger charge is 2.31. The predicted molar refractivity (Wildman–Crippen MR) is 153 cm³/mol. The molecular weight excluding hydrogens is 532 g/mol. The molecule has 5 atom stereocenters. The number of nitrogens with two attached hydrogens (primary N) is 2. The number of carboxylic acid groups (broad SMARTS) is 2. The zero-order valence-electron chi connectivity index (χ0n) is 23.5. The van der Waals surface area contributed by atoms with Crippen molar-refractivity contribution in [1.82, 2.24) is 20.9 Å². The number of H-pyrrole nitrogens is 1. The molecule has 1 aromatic heterocycles. The van der Waals surface area contributed by atoms with Crippen LogP contribution in [0.2, 0.25) is 0 Å². The first-order valence-electron chi connectivity index (χ1n) is 13.8. The fourth-order valence-corrected chi connectivity index (χ4v) is 4.34. The van der Waals surface area contributed by atoms with E-state index in [1.54, 1.807) is 6.20 Å². The maximum atomic E-state index is 13.3. The van der Waals surface area contributed by atoms with E-state index < -0.39 is 60.2 Å². The number of unbranched alkanes of at least 4 members (excludes halogenated alkanes) is 1. The summed E-state index contributed by atoms with van der Waals surface area (Å²) in [5.74, 6) is -4.71. The molecule has 2 rings (SSSR count). The van der Waals surface area contributed by atoms with Crippen LogP contribution in [0.15, 0.2) is 30.5 Å². The Bertz CT molecular complexity index is 1200. The summed E-state index contributed by atoms with van der Waals surface area (Å²) in [6, 6.07) is 2.69. The Balaban J connectivity index is 2.21. The third kappa shape index (κ3) is 10.2. The molecule has 0 spiro atoms. The Kier molecular flexibility index (Phi) is 13.2. The summed E-state index contributed by atoms with van der Waals surface area (Å²) in [5.41, 5.74) is 13.1. The number of fused-ring (bicyclic) bond motifs is 1. The summed E-state index contributed by atoms with van der Waals surface area (Å²) in [4.78, 5) is 65.6. The molecule has 0 radical (unpaired) electrons. The summed E-state index contributed by atoms with van der Waals surface area (Å²) in [7, 11) is 0. The lowest BCUT2D eigenvalue weighted by atomic mass is 9.98. The molecule has 41 heavy (non-hydrogen) atoms. The van der Waals surface area contributed by atoms with E-state index in [1.807, 2.05) is 38.1 Å². The van der Waals surface area contributed by atoms with Crippen molar-refractivity contribution < 1.29 is 34.2 Å². The van der Waals surface area contributed by atoms with Gasteiger partial charge in [-0.3, -0.25) is 19.2 Å². The summed E-state index contributed by atoms with van der Waals surface area (Å²) in [6.45, 7) is 4.08. The van der Waals surface area contributed by atoms with Crippen LogP contribution in [0.3, 0.4) is 0 Å². The molecule has 5 unspecified atom stereocenters. The predicted octanol–water partition coefficient (Wildman–Crippen LogP) is 0.617. The fraction of sp³-hybridized carbons (Fsp3) is 0.536. The van der Waals surface area contributed by atoms with Gasteiger partial charge >= 0.3 is 11.9 Å². The number of benzene rings is 1. The molecule has 226 valence electrons. The van der Waals surface area contributed by atoms with Crippen LogP contribution in [0.5, 0.6) is 0 Å². The molecule has 2 aromatic rings. The smallest absolute Gasteiger partial charge is 0.326 e. The van der Waals surface area contributed by atoms with Crippen LogP contribution < -0.4 is 27.4 Å². The van der Waals surface area contributed by atoms with E-state index in [9.17, 15) is 34.2 Å². The number of aliphatic carboxylic acids is 2. The first kappa shape index (κ1) is 33.2. The van der Waals surface area contributed by atoms with Crippen molar-refractivity contribution in [2.24, 2.45) is 17.4 Å². The van der Waals surface area contributed by atoms with Crippen molar-refractivity contribution in [3.8, 4) is 0 Å². The second kappa shape index (κ2) is 16.3. The first-order chi connectivity index (χ1) is 19.5. The number of carbonyl (C=O) groups excluding carboxylic acids is 3. The van der Waals surface area contributed by atoms with Crippen LogP contribution in [-0.4, -0.2) is 75.6 Å². The highest BCUT2D eigenvalue weighted by molar-refractivity contribution is 5.94. The number of amides is 3. The average molecular weight is 575 g/mol. The van der Waals surface area contributed by atoms with E-state index in [1.165, 1.54) is 0 Å². The minimum Gasteiger partial charge on any atom is -0.481 e. The van der Waals surface area contributed by atoms with Gasteiger partial charge in [-0.05, 0) is 49.8 Å². The maximum absolute atomic E-state index is 13.3. The molecule has 0 aliphatic rings. The van der Waals surface area contributed by atoms with E-state index in [2.05, 4.69) is 20.9 Å². The minimum atomic E-state index is -1.36. The summed E-state index contributed by atoms with van der Waals surface area (Å²) in [6.07, 6.45) is 2.83. The monoisotopic (exact) mass is 574 g/mol. The van der Waals surface area contributed by atoms with Crippen molar-refractivity contribution in [3.05, 3.63) is 36.0 Å². The highest BCUT2D eigenvalue weighted by Crippen LogP contribution is 2.19. The zero-order valence-corrected chi connectivity index (χ0v) is 23.5. The lowest BCUT2D eigenvalue weighted by Crippen LogP contribution is -2.57. The van der Waals surface area contributed by atoms with E-state index in [4.69, 9.17) is 11.5 Å². The first-order valence-corrected chi connectivity index (χ1v) is 13.8. The third-order valence-corrected chi connectivity index (χ3v) is 7.13. The van der Waals surface area contributed by atoms with E-state index >= 15 is 0 Å². The van der Waals surface area contributed by atoms with Gasteiger partial charge in [0.1, 0.15) is 18.1 Å². The number of hydrogen-bond acceptors (Lipinski definition) is 7. The molecule has 0 aliphatic heterocycles. The molecule has 10 N–H and O–H groups in total. The van der Waals surface area contributed by atoms with E-state index in [-0.39, 0.29) is 25.2 Å². The van der Waals surface area contributed by atoms with Crippen molar-refractivity contribution in [2.75, 3.05) is 6.54 Å². The fourth-order valence-electron chi connectivity index (χ4n) is 4.34. The number of nitrogens with one attached hydrogen (secondary N) is 4. The van der Waals surface area contributed by atoms with Crippen molar-refractivity contribution >= 4 is 40.6 Å². The average Bonchev–Trinajstić information content (AvgIpc) is 3.35. The van der Waals surface area contributed by atoms with Gasteiger partial charge in [-0.15, -0.1) is 0 Å². The Hall–Kier alpha value is -3.97. The molecule has 3 amide bonds. The van der Waals surface area contributed by atoms with E-state index in [0.717, 1.165) is 10.9 Å². The summed E-state index contributed by atoms with van der Waals surface area (Å²) in [5, 5.41) is 27.4. The molecule has 0 aliphatic carbocycles. The topological polar surface area (TPSA) is 230 Å². The molecule has 0 saturated carbocycles. The number of aromatic amines is 1. The Labute approximate surface area is 238 Å². The second-order valence-corrected chi connectivity index (χ2v) is 10.2. The largest absolute Gasteiger partial charge is 0.481 e. The van der Waals surface area contributed by atoms with Crippen molar-refractivity contribution in [1.29, 1.82) is 0 Å². The number of carbonyl (C=O) groups is 5. The van der Waals surface area contributed by atoms with Crippen LogP contribution in [-0.2, 0) is 30.4 Å². The van der Waals surface area contributed by atoms with E-state index in [0.29, 0.717) is 31.4 Å². The van der Waals surface area contributed by atoms with Gasteiger partial charge in [0.15, 0.2) is 0 Å². The molecular formula is C28H42N6O7. The van der Waals surface area contributed by atoms with Crippen molar-refractivity contribution in [2.45, 2.75) is 83.0 Å². The van der Waals surface area contributed by atoms with Gasteiger partial charge < -0.3 is 42.6 Å². The number of hydrogen-bond donors (Lipinski definition) is 8. The molecule has 0 bridgehead atoms. The van der Waals surface area contributed by atoms with Gasteiger partial charge in [0, 0.05) is 29.9 Å². The SMILES string of the molecule is CCC(C)C(N)C(=O)NC(CCCCN)C(=O)NC(CCC(=O)O)C(=O)NC(Cc1c[nH]c2ccccc12)C(=O)O. The molecule has 1 aromatic carbocycles. The maximum Gasteiger partial charge on any atom is 0.326 e. The van der Waals surface area contributed by atoms with Crippen LogP contribution >= 0.6 is 0 Å². The lowest BCUT2D eigenvalue weighted by molar-refractivity contribution is -0.143. The Morgan fingerprint density at radius 1 is 0.902 bits per heavy atom. The Morgan fingerprint density at radius 3 is 2.12 bits per heavy atom. The van der Waals surface area contributed by atoms with Crippen LogP contribution in [0.4, 0.5) is 0 Å². The molecule has 13 heteroatoms. The standard InChI is InChI=1S/C28H42N6O7/c1-3-16(2)24(30)27(39)33-20(10-6-7-13-29)25(37)32-21(11-12-23(35)36)26(38)34-22(28(40)41)14-17-15-31-19-9-5-4-8-18(17)19/h4-5,8-9,15-16,20-22,24,31H,3,6-7,10-14,29-30H2,1-2H3,(H,32,37)(H,33,39)(H,34,38)(H,35,36)(H,40,41).